The molecule has 2 N–H and O–H groups in total. The van der Waals surface area contributed by atoms with Crippen LogP contribution in [0.2, 0.25) is 0 Å². The van der Waals surface area contributed by atoms with Gasteiger partial charge in [-0.15, -0.1) is 0 Å². The van der Waals surface area contributed by atoms with Crippen molar-refractivity contribution >= 4 is 5.91 Å². The highest BCUT2D eigenvalue weighted by atomic mass is 16.5. The number of carbonyl (C=O) groups is 1. The lowest BCUT2D eigenvalue weighted by Crippen LogP contribution is -2.36. The fourth-order valence-corrected chi connectivity index (χ4v) is 2.61. The monoisotopic (exact) mass is 273 g/mol. The normalized spacial score (nSPS) is 16.4. The molecule has 2 aromatic rings. The number of primary amides is 1. The fourth-order valence-electron chi connectivity index (χ4n) is 2.61. The third-order valence-electron chi connectivity index (χ3n) is 3.89. The number of nitrogens with two attached hydrogens (primary N) is 1. The molecule has 6 heteroatoms. The third-order valence-corrected chi connectivity index (χ3v) is 3.89. The number of carbonyl (C=O) groups excluding carboxylic acids is 1. The highest BCUT2D eigenvalue weighted by Gasteiger charge is 2.44. The molecule has 0 atom stereocenters. The van der Waals surface area contributed by atoms with Gasteiger partial charge in [0.05, 0.1) is 12.5 Å². The van der Waals surface area contributed by atoms with E-state index in [1.165, 1.54) is 0 Å². The van der Waals surface area contributed by atoms with E-state index in [1.54, 1.807) is 7.11 Å². The van der Waals surface area contributed by atoms with E-state index in [2.05, 4.69) is 10.1 Å². The van der Waals surface area contributed by atoms with Gasteiger partial charge >= 0.3 is 11.8 Å². The van der Waals surface area contributed by atoms with Crippen LogP contribution in [0, 0.1) is 0 Å². The molecule has 0 radical (unpaired) electrons. The third kappa shape index (κ3) is 1.84. The van der Waals surface area contributed by atoms with Crippen molar-refractivity contribution in [2.24, 2.45) is 5.73 Å². The van der Waals surface area contributed by atoms with Gasteiger partial charge in [0.25, 0.3) is 0 Å². The molecule has 104 valence electrons. The first-order valence-corrected chi connectivity index (χ1v) is 6.44. The Morgan fingerprint density at radius 2 is 2.25 bits per heavy atom. The smallest absolute Gasteiger partial charge is 0.315 e. The molecule has 1 aromatic carbocycles. The molecule has 1 aliphatic rings. The zero-order valence-electron chi connectivity index (χ0n) is 11.1. The second-order valence-electron chi connectivity index (χ2n) is 4.96. The number of benzene rings is 1. The Kier molecular flexibility index (Phi) is 2.93. The summed E-state index contributed by atoms with van der Waals surface area (Å²) in [5, 5.41) is 3.94. The van der Waals surface area contributed by atoms with E-state index in [0.29, 0.717) is 5.82 Å². The number of rotatable bonds is 4. The van der Waals surface area contributed by atoms with E-state index in [9.17, 15) is 4.79 Å². The summed E-state index contributed by atoms with van der Waals surface area (Å²) in [5.74, 6) is 0.455. The van der Waals surface area contributed by atoms with Crippen molar-refractivity contribution in [1.29, 1.82) is 0 Å². The van der Waals surface area contributed by atoms with Crippen LogP contribution in [0.15, 0.2) is 28.8 Å². The lowest BCUT2D eigenvalue weighted by atomic mass is 9.64. The molecule has 0 spiro atoms. The Balaban J connectivity index is 2.03. The molecule has 20 heavy (non-hydrogen) atoms. The van der Waals surface area contributed by atoms with Crippen molar-refractivity contribution in [3.05, 3.63) is 41.5 Å². The van der Waals surface area contributed by atoms with Crippen molar-refractivity contribution in [3.63, 3.8) is 0 Å². The maximum Gasteiger partial charge on any atom is 0.315 e. The quantitative estimate of drug-likeness (QED) is 0.914. The fraction of sp³-hybridized carbons (Fsp3) is 0.357. The van der Waals surface area contributed by atoms with Crippen LogP contribution in [0.25, 0.3) is 0 Å². The summed E-state index contributed by atoms with van der Waals surface area (Å²) in [6, 6.07) is 7.81. The maximum atomic E-state index is 11.1. The van der Waals surface area contributed by atoms with Crippen LogP contribution in [0.4, 0.5) is 0 Å². The molecule has 1 aliphatic carbocycles. The molecule has 1 heterocycles. The average molecular weight is 273 g/mol. The molecule has 3 rings (SSSR count). The second-order valence-corrected chi connectivity index (χ2v) is 4.96. The summed E-state index contributed by atoms with van der Waals surface area (Å²) in [7, 11) is 1.63. The van der Waals surface area contributed by atoms with Gasteiger partial charge in [-0.05, 0) is 30.5 Å². The molecule has 1 fully saturated rings. The summed E-state index contributed by atoms with van der Waals surface area (Å²) in [6.45, 7) is 0. The topological polar surface area (TPSA) is 91.2 Å². The predicted molar refractivity (Wildman–Crippen MR) is 70.4 cm³/mol. The molecular formula is C14H15N3O3. The number of ether oxygens (including phenoxy) is 1. The Morgan fingerprint density at radius 1 is 1.45 bits per heavy atom. The van der Waals surface area contributed by atoms with Crippen LogP contribution in [-0.2, 0) is 5.41 Å². The Hall–Kier alpha value is -2.37. The Bertz CT molecular complexity index is 647. The number of nitrogens with zero attached hydrogens (tertiary/aromatic N) is 2. The number of hydrogen-bond acceptors (Lipinski definition) is 5. The van der Waals surface area contributed by atoms with Gasteiger partial charge in [0.2, 0.25) is 0 Å². The molecule has 0 aliphatic heterocycles. The van der Waals surface area contributed by atoms with E-state index < -0.39 is 5.91 Å². The van der Waals surface area contributed by atoms with E-state index in [1.807, 2.05) is 24.3 Å². The first-order valence-electron chi connectivity index (χ1n) is 6.44. The number of aromatic nitrogens is 2. The van der Waals surface area contributed by atoms with E-state index in [-0.39, 0.29) is 11.3 Å². The Labute approximate surface area is 115 Å². The molecular weight excluding hydrogens is 258 g/mol. The Morgan fingerprint density at radius 3 is 2.80 bits per heavy atom. The van der Waals surface area contributed by atoms with Gasteiger partial charge in [0.1, 0.15) is 5.75 Å². The standard InChI is InChI=1S/C14H15N3O3/c1-19-10-5-2-4-9(8-10)14(6-3-7-14)13-16-12(11(15)18)20-17-13/h2,4-5,8H,3,6-7H2,1H3,(H2,15,18). The van der Waals surface area contributed by atoms with Crippen LogP contribution < -0.4 is 10.5 Å². The molecule has 0 unspecified atom stereocenters. The summed E-state index contributed by atoms with van der Waals surface area (Å²) >= 11 is 0. The van der Waals surface area contributed by atoms with Crippen molar-refractivity contribution in [2.75, 3.05) is 7.11 Å². The van der Waals surface area contributed by atoms with E-state index in [4.69, 9.17) is 15.0 Å². The highest BCUT2D eigenvalue weighted by Crippen LogP contribution is 2.48. The SMILES string of the molecule is COc1cccc(C2(c3noc(C(N)=O)n3)CCC2)c1. The van der Waals surface area contributed by atoms with Crippen LogP contribution in [0.1, 0.15) is 41.3 Å². The van der Waals surface area contributed by atoms with Crippen LogP contribution in [-0.4, -0.2) is 23.2 Å². The van der Waals surface area contributed by atoms with Gasteiger partial charge in [-0.25, -0.2) is 0 Å². The van der Waals surface area contributed by atoms with Gasteiger partial charge in [0.15, 0.2) is 5.82 Å². The minimum Gasteiger partial charge on any atom is -0.497 e. The van der Waals surface area contributed by atoms with Crippen LogP contribution in [0.3, 0.4) is 0 Å². The molecule has 1 aromatic heterocycles. The van der Waals surface area contributed by atoms with E-state index >= 15 is 0 Å². The van der Waals surface area contributed by atoms with Crippen LogP contribution in [0.5, 0.6) is 5.75 Å². The summed E-state index contributed by atoms with van der Waals surface area (Å²) < 4.78 is 10.2. The molecule has 0 saturated heterocycles. The first-order chi connectivity index (χ1) is 9.65. The van der Waals surface area contributed by atoms with Crippen LogP contribution >= 0.6 is 0 Å². The lowest BCUT2D eigenvalue weighted by Gasteiger charge is -2.39. The minimum atomic E-state index is -0.705. The van der Waals surface area contributed by atoms with Crippen molar-refractivity contribution < 1.29 is 14.1 Å². The molecule has 0 bridgehead atoms. The zero-order chi connectivity index (χ0) is 14.2. The zero-order valence-corrected chi connectivity index (χ0v) is 11.1. The summed E-state index contributed by atoms with van der Waals surface area (Å²) in [6.07, 6.45) is 2.91. The summed E-state index contributed by atoms with van der Waals surface area (Å²) in [5.41, 5.74) is 5.93. The average Bonchev–Trinajstić information content (AvgIpc) is 2.88. The van der Waals surface area contributed by atoms with Crippen molar-refractivity contribution in [1.82, 2.24) is 10.1 Å². The van der Waals surface area contributed by atoms with Crippen molar-refractivity contribution in [2.45, 2.75) is 24.7 Å². The van der Waals surface area contributed by atoms with E-state index in [0.717, 1.165) is 30.6 Å². The number of methoxy groups -OCH3 is 1. The first kappa shape index (κ1) is 12.7. The second kappa shape index (κ2) is 4.63. The maximum absolute atomic E-state index is 11.1. The van der Waals surface area contributed by atoms with Gasteiger partial charge in [-0.1, -0.05) is 23.7 Å². The van der Waals surface area contributed by atoms with Gasteiger partial charge in [-0.3, -0.25) is 4.79 Å². The number of amides is 1. The number of hydrogen-bond donors (Lipinski definition) is 1. The largest absolute Gasteiger partial charge is 0.497 e. The molecule has 6 nitrogen and oxygen atoms in total. The minimum absolute atomic E-state index is 0.144. The predicted octanol–water partition coefficient (Wildman–Crippen LogP) is 1.65. The van der Waals surface area contributed by atoms with Gasteiger partial charge in [-0.2, -0.15) is 4.98 Å². The molecule has 1 saturated carbocycles. The lowest BCUT2D eigenvalue weighted by molar-refractivity contribution is 0.0958. The highest BCUT2D eigenvalue weighted by molar-refractivity contribution is 5.87. The summed E-state index contributed by atoms with van der Waals surface area (Å²) in [4.78, 5) is 15.2. The van der Waals surface area contributed by atoms with Gasteiger partial charge < -0.3 is 15.0 Å². The molecule has 1 amide bonds. The van der Waals surface area contributed by atoms with Crippen molar-refractivity contribution in [3.8, 4) is 5.75 Å². The van der Waals surface area contributed by atoms with Gasteiger partial charge in [0, 0.05) is 0 Å².